The standard InChI is InChI=1S/C24H28N4O3/c1-3-30-14-15-31-24-26-22(18-12-10-17(2)11-13-18)28(27-24)21-9-5-8-20(16-21)25-23(29)19-6-4-7-19/h5,8-13,16,19H,3-4,6-7,14-15H2,1-2H3,(H,25,29). The fourth-order valence-corrected chi connectivity index (χ4v) is 3.39. The average Bonchev–Trinajstić information content (AvgIpc) is 3.15. The van der Waals surface area contributed by atoms with E-state index in [2.05, 4.69) is 15.4 Å². The van der Waals surface area contributed by atoms with E-state index in [0.29, 0.717) is 31.7 Å². The molecule has 1 aliphatic rings. The zero-order chi connectivity index (χ0) is 21.6. The van der Waals surface area contributed by atoms with E-state index in [-0.39, 0.29) is 11.8 Å². The second-order valence-corrected chi connectivity index (χ2v) is 7.71. The van der Waals surface area contributed by atoms with Crippen LogP contribution in [0, 0.1) is 12.8 Å². The molecule has 1 fully saturated rings. The van der Waals surface area contributed by atoms with E-state index in [1.165, 1.54) is 5.56 Å². The first-order valence-corrected chi connectivity index (χ1v) is 10.8. The molecule has 0 spiro atoms. The minimum absolute atomic E-state index is 0.0840. The van der Waals surface area contributed by atoms with Crippen molar-refractivity contribution in [3.63, 3.8) is 0 Å². The summed E-state index contributed by atoms with van der Waals surface area (Å²) < 4.78 is 12.8. The van der Waals surface area contributed by atoms with Crippen molar-refractivity contribution in [3.8, 4) is 23.1 Å². The molecule has 0 atom stereocenters. The summed E-state index contributed by atoms with van der Waals surface area (Å²) in [7, 11) is 0. The Labute approximate surface area is 182 Å². The molecule has 1 aromatic heterocycles. The molecule has 0 unspecified atom stereocenters. The first kappa shape index (κ1) is 21.1. The van der Waals surface area contributed by atoms with Crippen LogP contribution in [0.4, 0.5) is 5.69 Å². The fraction of sp³-hybridized carbons (Fsp3) is 0.375. The number of benzene rings is 2. The highest BCUT2D eigenvalue weighted by atomic mass is 16.5. The largest absolute Gasteiger partial charge is 0.460 e. The molecule has 1 amide bonds. The number of rotatable bonds is 9. The van der Waals surface area contributed by atoms with Crippen LogP contribution >= 0.6 is 0 Å². The van der Waals surface area contributed by atoms with Gasteiger partial charge in [0.1, 0.15) is 6.61 Å². The summed E-state index contributed by atoms with van der Waals surface area (Å²) in [4.78, 5) is 17.0. The van der Waals surface area contributed by atoms with E-state index < -0.39 is 0 Å². The van der Waals surface area contributed by atoms with Gasteiger partial charge in [-0.15, -0.1) is 5.10 Å². The number of carbonyl (C=O) groups is 1. The predicted molar refractivity (Wildman–Crippen MR) is 119 cm³/mol. The highest BCUT2D eigenvalue weighted by Gasteiger charge is 2.25. The summed E-state index contributed by atoms with van der Waals surface area (Å²) in [5, 5.41) is 7.60. The van der Waals surface area contributed by atoms with Crippen molar-refractivity contribution < 1.29 is 14.3 Å². The Hall–Kier alpha value is -3.19. The molecule has 162 valence electrons. The monoisotopic (exact) mass is 420 g/mol. The molecule has 4 rings (SSSR count). The first-order valence-electron chi connectivity index (χ1n) is 10.8. The van der Waals surface area contributed by atoms with E-state index in [0.717, 1.165) is 36.2 Å². The molecule has 7 heteroatoms. The molecule has 1 aliphatic carbocycles. The highest BCUT2D eigenvalue weighted by molar-refractivity contribution is 5.93. The summed E-state index contributed by atoms with van der Waals surface area (Å²) >= 11 is 0. The third kappa shape index (κ3) is 5.11. The number of nitrogens with one attached hydrogen (secondary N) is 1. The molecule has 3 aromatic rings. The molecule has 7 nitrogen and oxygen atoms in total. The number of nitrogens with zero attached hydrogens (tertiary/aromatic N) is 3. The van der Waals surface area contributed by atoms with Gasteiger partial charge in [-0.05, 0) is 44.9 Å². The van der Waals surface area contributed by atoms with Crippen molar-refractivity contribution in [1.29, 1.82) is 0 Å². The van der Waals surface area contributed by atoms with Gasteiger partial charge in [0.25, 0.3) is 0 Å². The SMILES string of the molecule is CCOCCOc1nc(-c2ccc(C)cc2)n(-c2cccc(NC(=O)C3CCC3)c2)n1. The van der Waals surface area contributed by atoms with Crippen LogP contribution in [0.25, 0.3) is 17.1 Å². The lowest BCUT2D eigenvalue weighted by molar-refractivity contribution is -0.122. The summed E-state index contributed by atoms with van der Waals surface area (Å²) in [5.74, 6) is 0.887. The third-order valence-electron chi connectivity index (χ3n) is 5.39. The third-order valence-corrected chi connectivity index (χ3v) is 5.39. The zero-order valence-electron chi connectivity index (χ0n) is 18.0. The zero-order valence-corrected chi connectivity index (χ0v) is 18.0. The number of carbonyl (C=O) groups excluding carboxylic acids is 1. The normalized spacial score (nSPS) is 13.6. The van der Waals surface area contributed by atoms with Crippen LogP contribution in [0.15, 0.2) is 48.5 Å². The molecule has 1 saturated carbocycles. The second-order valence-electron chi connectivity index (χ2n) is 7.71. The van der Waals surface area contributed by atoms with E-state index in [4.69, 9.17) is 9.47 Å². The van der Waals surface area contributed by atoms with Crippen molar-refractivity contribution in [2.45, 2.75) is 33.1 Å². The molecule has 0 radical (unpaired) electrons. The minimum Gasteiger partial charge on any atom is -0.460 e. The summed E-state index contributed by atoms with van der Waals surface area (Å²) in [6, 6.07) is 16.0. The molecule has 2 aromatic carbocycles. The number of amides is 1. The van der Waals surface area contributed by atoms with Crippen LogP contribution in [0.3, 0.4) is 0 Å². The van der Waals surface area contributed by atoms with E-state index in [1.807, 2.05) is 62.4 Å². The summed E-state index contributed by atoms with van der Waals surface area (Å²) in [6.45, 7) is 5.49. The van der Waals surface area contributed by atoms with Crippen molar-refractivity contribution >= 4 is 11.6 Å². The smallest absolute Gasteiger partial charge is 0.336 e. The fourth-order valence-electron chi connectivity index (χ4n) is 3.39. The van der Waals surface area contributed by atoms with Gasteiger partial charge in [-0.2, -0.15) is 4.98 Å². The van der Waals surface area contributed by atoms with Crippen LogP contribution < -0.4 is 10.1 Å². The molecule has 1 N–H and O–H groups in total. The van der Waals surface area contributed by atoms with E-state index in [1.54, 1.807) is 4.68 Å². The van der Waals surface area contributed by atoms with Crippen LogP contribution in [0.1, 0.15) is 31.7 Å². The average molecular weight is 421 g/mol. The molecule has 31 heavy (non-hydrogen) atoms. The predicted octanol–water partition coefficient (Wildman–Crippen LogP) is 4.40. The highest BCUT2D eigenvalue weighted by Crippen LogP contribution is 2.29. The number of hydrogen-bond acceptors (Lipinski definition) is 5. The van der Waals surface area contributed by atoms with Crippen molar-refractivity contribution in [2.24, 2.45) is 5.92 Å². The van der Waals surface area contributed by atoms with Crippen LogP contribution in [0.2, 0.25) is 0 Å². The molecular weight excluding hydrogens is 392 g/mol. The molecule has 0 bridgehead atoms. The van der Waals surface area contributed by atoms with Crippen molar-refractivity contribution in [3.05, 3.63) is 54.1 Å². The van der Waals surface area contributed by atoms with Gasteiger partial charge in [-0.25, -0.2) is 4.68 Å². The Morgan fingerprint density at radius 3 is 2.68 bits per heavy atom. The Kier molecular flexibility index (Phi) is 6.62. The molecule has 1 heterocycles. The Morgan fingerprint density at radius 2 is 1.97 bits per heavy atom. The van der Waals surface area contributed by atoms with Crippen molar-refractivity contribution in [2.75, 3.05) is 25.1 Å². The number of hydrogen-bond donors (Lipinski definition) is 1. The maximum absolute atomic E-state index is 12.4. The van der Waals surface area contributed by atoms with E-state index in [9.17, 15) is 4.79 Å². The topological polar surface area (TPSA) is 78.3 Å². The maximum Gasteiger partial charge on any atom is 0.336 e. The van der Waals surface area contributed by atoms with E-state index >= 15 is 0 Å². The molecule has 0 aliphatic heterocycles. The van der Waals surface area contributed by atoms with Gasteiger partial charge in [0.15, 0.2) is 5.82 Å². The Balaban J connectivity index is 1.62. The van der Waals surface area contributed by atoms with Crippen LogP contribution in [-0.4, -0.2) is 40.5 Å². The summed E-state index contributed by atoms with van der Waals surface area (Å²) in [5.41, 5.74) is 3.65. The second kappa shape index (κ2) is 9.75. The van der Waals surface area contributed by atoms with Gasteiger partial charge in [0.05, 0.1) is 12.3 Å². The Morgan fingerprint density at radius 1 is 1.16 bits per heavy atom. The van der Waals surface area contributed by atoms with Crippen LogP contribution in [0.5, 0.6) is 6.01 Å². The number of aryl methyl sites for hydroxylation is 1. The summed E-state index contributed by atoms with van der Waals surface area (Å²) in [6.07, 6.45) is 3.06. The Bertz CT molecular complexity index is 1030. The number of anilines is 1. The first-order chi connectivity index (χ1) is 15.1. The lowest BCUT2D eigenvalue weighted by Gasteiger charge is -2.24. The van der Waals surface area contributed by atoms with Crippen molar-refractivity contribution in [1.82, 2.24) is 14.8 Å². The van der Waals surface area contributed by atoms with Gasteiger partial charge in [-0.3, -0.25) is 4.79 Å². The number of aromatic nitrogens is 3. The van der Waals surface area contributed by atoms with Gasteiger partial charge in [0.2, 0.25) is 5.91 Å². The molecule has 0 saturated heterocycles. The molecular formula is C24H28N4O3. The van der Waals surface area contributed by atoms with Gasteiger partial charge in [-0.1, -0.05) is 42.3 Å². The quantitative estimate of drug-likeness (QED) is 0.519. The number of ether oxygens (including phenoxy) is 2. The lowest BCUT2D eigenvalue weighted by Crippen LogP contribution is -2.28. The van der Waals surface area contributed by atoms with Gasteiger partial charge < -0.3 is 14.8 Å². The van der Waals surface area contributed by atoms with Gasteiger partial charge >= 0.3 is 6.01 Å². The minimum atomic E-state index is 0.0840. The maximum atomic E-state index is 12.4. The van der Waals surface area contributed by atoms with Crippen LogP contribution in [-0.2, 0) is 9.53 Å². The van der Waals surface area contributed by atoms with Gasteiger partial charge in [0, 0.05) is 23.8 Å². The lowest BCUT2D eigenvalue weighted by atomic mass is 9.85.